The van der Waals surface area contributed by atoms with E-state index in [2.05, 4.69) is 5.32 Å². The summed E-state index contributed by atoms with van der Waals surface area (Å²) in [6.45, 7) is 3.65. The third-order valence-corrected chi connectivity index (χ3v) is 3.39. The van der Waals surface area contributed by atoms with Crippen LogP contribution in [0.5, 0.6) is 5.75 Å². The predicted octanol–water partition coefficient (Wildman–Crippen LogP) is 2.14. The van der Waals surface area contributed by atoms with Gasteiger partial charge in [-0.05, 0) is 37.0 Å². The minimum atomic E-state index is -0.365. The second-order valence-corrected chi connectivity index (χ2v) is 5.18. The molecule has 0 aromatic heterocycles. The van der Waals surface area contributed by atoms with Gasteiger partial charge in [0.15, 0.2) is 6.61 Å². The number of hydrogen-bond donors (Lipinski definition) is 1. The minimum absolute atomic E-state index is 0.0312. The average Bonchev–Trinajstić information content (AvgIpc) is 3.13. The van der Waals surface area contributed by atoms with Gasteiger partial charge in [-0.3, -0.25) is 9.59 Å². The Hall–Kier alpha value is -2.04. The molecular weight excluding hydrogens is 258 g/mol. The van der Waals surface area contributed by atoms with Crippen molar-refractivity contribution in [3.05, 3.63) is 23.8 Å². The highest BCUT2D eigenvalue weighted by Gasteiger charge is 2.40. The molecule has 0 radical (unpaired) electrons. The number of methoxy groups -OCH3 is 1. The number of esters is 1. The number of anilines is 1. The maximum atomic E-state index is 11.8. The molecule has 1 N–H and O–H groups in total. The van der Waals surface area contributed by atoms with E-state index < -0.39 is 0 Å². The van der Waals surface area contributed by atoms with Crippen LogP contribution in [0.15, 0.2) is 18.2 Å². The molecule has 5 heteroatoms. The Morgan fingerprint density at radius 1 is 1.40 bits per heavy atom. The lowest BCUT2D eigenvalue weighted by molar-refractivity contribution is -0.148. The highest BCUT2D eigenvalue weighted by molar-refractivity contribution is 5.94. The second kappa shape index (κ2) is 5.94. The van der Waals surface area contributed by atoms with Crippen LogP contribution in [0.25, 0.3) is 0 Å². The number of nitrogens with one attached hydrogen (secondary N) is 1. The van der Waals surface area contributed by atoms with Crippen molar-refractivity contribution in [1.29, 1.82) is 0 Å². The first kappa shape index (κ1) is 14.4. The summed E-state index contributed by atoms with van der Waals surface area (Å²) in [6, 6.07) is 5.48. The van der Waals surface area contributed by atoms with Gasteiger partial charge in [-0.2, -0.15) is 0 Å². The molecule has 1 aromatic rings. The molecule has 0 saturated heterocycles. The summed E-state index contributed by atoms with van der Waals surface area (Å²) in [5.74, 6) is 0.268. The van der Waals surface area contributed by atoms with Crippen molar-refractivity contribution in [2.75, 3.05) is 19.0 Å². The third-order valence-electron chi connectivity index (χ3n) is 3.39. The van der Waals surface area contributed by atoms with E-state index in [-0.39, 0.29) is 24.4 Å². The van der Waals surface area contributed by atoms with E-state index in [4.69, 9.17) is 9.47 Å². The molecule has 1 saturated carbocycles. The molecule has 20 heavy (non-hydrogen) atoms. The van der Waals surface area contributed by atoms with Gasteiger partial charge in [-0.15, -0.1) is 0 Å². The average molecular weight is 277 g/mol. The highest BCUT2D eigenvalue weighted by atomic mass is 16.5. The van der Waals surface area contributed by atoms with Crippen LogP contribution in [0.4, 0.5) is 5.69 Å². The maximum Gasteiger partial charge on any atom is 0.309 e. The number of ether oxygens (including phenoxy) is 2. The van der Waals surface area contributed by atoms with Gasteiger partial charge in [0.1, 0.15) is 5.75 Å². The molecule has 2 rings (SSSR count). The Morgan fingerprint density at radius 3 is 2.70 bits per heavy atom. The van der Waals surface area contributed by atoms with Crippen molar-refractivity contribution in [3.8, 4) is 5.75 Å². The number of amides is 1. The molecule has 0 unspecified atom stereocenters. The Bertz CT molecular complexity index is 527. The molecule has 1 amide bonds. The van der Waals surface area contributed by atoms with Crippen molar-refractivity contribution in [1.82, 2.24) is 0 Å². The van der Waals surface area contributed by atoms with Crippen LogP contribution in [-0.2, 0) is 14.3 Å². The van der Waals surface area contributed by atoms with E-state index in [1.54, 1.807) is 6.07 Å². The van der Waals surface area contributed by atoms with E-state index in [1.807, 2.05) is 26.0 Å². The van der Waals surface area contributed by atoms with Crippen molar-refractivity contribution >= 4 is 17.6 Å². The van der Waals surface area contributed by atoms with Gasteiger partial charge >= 0.3 is 5.97 Å². The lowest BCUT2D eigenvalue weighted by atomic mass is 10.2. The van der Waals surface area contributed by atoms with Gasteiger partial charge in [0, 0.05) is 0 Å². The fraction of sp³-hybridized carbons (Fsp3) is 0.467. The largest absolute Gasteiger partial charge is 0.495 e. The zero-order chi connectivity index (χ0) is 14.7. The van der Waals surface area contributed by atoms with Crippen molar-refractivity contribution in [2.24, 2.45) is 11.8 Å². The number of carbonyl (C=O) groups excluding carboxylic acids is 2. The molecule has 1 aliphatic carbocycles. The predicted molar refractivity (Wildman–Crippen MR) is 74.6 cm³/mol. The molecule has 0 spiro atoms. The number of benzene rings is 1. The van der Waals surface area contributed by atoms with E-state index >= 15 is 0 Å². The van der Waals surface area contributed by atoms with Gasteiger partial charge in [0.05, 0.1) is 18.7 Å². The normalized spacial score (nSPS) is 20.1. The molecule has 1 aliphatic rings. The standard InChI is InChI=1S/C15H19NO4/c1-9-4-5-13(19-3)12(6-9)16-14(17)8-20-15(18)11-7-10(11)2/h4-6,10-11H,7-8H2,1-3H3,(H,16,17)/t10-,11+/m1/s1. The molecule has 1 aromatic carbocycles. The second-order valence-electron chi connectivity index (χ2n) is 5.18. The van der Waals surface area contributed by atoms with Gasteiger partial charge in [0.25, 0.3) is 5.91 Å². The van der Waals surface area contributed by atoms with Crippen LogP contribution >= 0.6 is 0 Å². The van der Waals surface area contributed by atoms with E-state index in [0.29, 0.717) is 17.4 Å². The van der Waals surface area contributed by atoms with Crippen LogP contribution in [0.3, 0.4) is 0 Å². The van der Waals surface area contributed by atoms with Crippen LogP contribution in [0, 0.1) is 18.8 Å². The lowest BCUT2D eigenvalue weighted by Gasteiger charge is -2.11. The number of carbonyl (C=O) groups is 2. The first-order valence-corrected chi connectivity index (χ1v) is 6.62. The van der Waals surface area contributed by atoms with Gasteiger partial charge in [0.2, 0.25) is 0 Å². The Balaban J connectivity index is 1.88. The fourth-order valence-electron chi connectivity index (χ4n) is 2.00. The summed E-state index contributed by atoms with van der Waals surface area (Å²) in [6.07, 6.45) is 0.853. The Morgan fingerprint density at radius 2 is 2.10 bits per heavy atom. The van der Waals surface area contributed by atoms with E-state index in [9.17, 15) is 9.59 Å². The molecule has 0 heterocycles. The SMILES string of the molecule is COc1ccc(C)cc1NC(=O)COC(=O)[C@H]1C[C@H]1C. The van der Waals surface area contributed by atoms with Crippen molar-refractivity contribution < 1.29 is 19.1 Å². The highest BCUT2D eigenvalue weighted by Crippen LogP contribution is 2.38. The Labute approximate surface area is 118 Å². The van der Waals surface area contributed by atoms with Gasteiger partial charge in [-0.1, -0.05) is 13.0 Å². The zero-order valence-electron chi connectivity index (χ0n) is 11.9. The summed E-state index contributed by atoms with van der Waals surface area (Å²) in [7, 11) is 1.54. The van der Waals surface area contributed by atoms with E-state index in [1.165, 1.54) is 7.11 Å². The maximum absolute atomic E-state index is 11.8. The monoisotopic (exact) mass is 277 g/mol. The summed E-state index contributed by atoms with van der Waals surface area (Å²) in [5, 5.41) is 2.69. The molecule has 0 bridgehead atoms. The number of aryl methyl sites for hydroxylation is 1. The molecule has 2 atom stereocenters. The summed E-state index contributed by atoms with van der Waals surface area (Å²) >= 11 is 0. The minimum Gasteiger partial charge on any atom is -0.495 e. The van der Waals surface area contributed by atoms with Crippen LogP contribution in [-0.4, -0.2) is 25.6 Å². The van der Waals surface area contributed by atoms with Crippen LogP contribution in [0.2, 0.25) is 0 Å². The smallest absolute Gasteiger partial charge is 0.309 e. The molecule has 5 nitrogen and oxygen atoms in total. The molecular formula is C15H19NO4. The fourth-order valence-corrected chi connectivity index (χ4v) is 2.00. The Kier molecular flexibility index (Phi) is 4.27. The van der Waals surface area contributed by atoms with E-state index in [0.717, 1.165) is 12.0 Å². The van der Waals surface area contributed by atoms with Crippen LogP contribution in [0.1, 0.15) is 18.9 Å². The van der Waals surface area contributed by atoms with Crippen LogP contribution < -0.4 is 10.1 Å². The molecule has 0 aliphatic heterocycles. The van der Waals surface area contributed by atoms with Crippen molar-refractivity contribution in [2.45, 2.75) is 20.3 Å². The summed E-state index contributed by atoms with van der Waals surface area (Å²) in [5.41, 5.74) is 1.58. The molecule has 1 fully saturated rings. The first-order valence-electron chi connectivity index (χ1n) is 6.62. The first-order chi connectivity index (χ1) is 9.51. The zero-order valence-corrected chi connectivity index (χ0v) is 11.9. The number of rotatable bonds is 5. The van der Waals surface area contributed by atoms with Gasteiger partial charge < -0.3 is 14.8 Å². The topological polar surface area (TPSA) is 64.6 Å². The quantitative estimate of drug-likeness (QED) is 0.837. The third kappa shape index (κ3) is 3.50. The number of hydrogen-bond acceptors (Lipinski definition) is 4. The summed E-state index contributed by atoms with van der Waals surface area (Å²) in [4.78, 5) is 23.3. The van der Waals surface area contributed by atoms with Crippen molar-refractivity contribution in [3.63, 3.8) is 0 Å². The summed E-state index contributed by atoms with van der Waals surface area (Å²) < 4.78 is 10.1. The molecule has 108 valence electrons. The lowest BCUT2D eigenvalue weighted by Crippen LogP contribution is -2.22. The van der Waals surface area contributed by atoms with Gasteiger partial charge in [-0.25, -0.2) is 0 Å².